The van der Waals surface area contributed by atoms with E-state index in [1.165, 1.54) is 0 Å². The Hall–Kier alpha value is 1.47. The molecule has 0 aliphatic carbocycles. The van der Waals surface area contributed by atoms with E-state index >= 15 is 0 Å². The van der Waals surface area contributed by atoms with Crippen LogP contribution in [-0.4, -0.2) is 19.4 Å². The van der Waals surface area contributed by atoms with Crippen LogP contribution in [0, 0.1) is 0 Å². The van der Waals surface area contributed by atoms with Crippen LogP contribution in [0.4, 0.5) is 0 Å². The first-order valence-corrected chi connectivity index (χ1v) is 1.72. The molecule has 0 fully saturated rings. The van der Waals surface area contributed by atoms with Gasteiger partial charge in [0.2, 0.25) is 0 Å². The third kappa shape index (κ3) is 5.34. The van der Waals surface area contributed by atoms with Crippen molar-refractivity contribution >= 4 is 6.34 Å². The molecule has 7 heavy (non-hydrogen) atoms. The van der Waals surface area contributed by atoms with Crippen LogP contribution in [0.25, 0.3) is 0 Å². The summed E-state index contributed by atoms with van der Waals surface area (Å²) >= 11 is 0. The first kappa shape index (κ1) is 11.3. The molecule has 2 nitrogen and oxygen atoms in total. The van der Waals surface area contributed by atoms with Crippen molar-refractivity contribution in [1.29, 1.82) is 0 Å². The van der Waals surface area contributed by atoms with E-state index in [4.69, 9.17) is 0 Å². The summed E-state index contributed by atoms with van der Waals surface area (Å²) in [5.41, 5.74) is 0. The summed E-state index contributed by atoms with van der Waals surface area (Å²) in [5, 5.41) is 2.93. The van der Waals surface area contributed by atoms with Gasteiger partial charge in [-0.1, -0.05) is 0 Å². The normalized spacial score (nSPS) is 13.7. The zero-order valence-electron chi connectivity index (χ0n) is 4.94. The Bertz CT molecular complexity index is 48.9. The van der Waals surface area contributed by atoms with Crippen LogP contribution >= 0.6 is 0 Å². The van der Waals surface area contributed by atoms with Gasteiger partial charge in [-0.3, -0.25) is 4.99 Å². The van der Waals surface area contributed by atoms with Gasteiger partial charge < -0.3 is 5.32 Å². The van der Waals surface area contributed by atoms with E-state index in [0.29, 0.717) is 0 Å². The number of hydrogen-bond acceptors (Lipinski definition) is 2. The average Bonchev–Trinajstić information content (AvgIpc) is 1.76. The van der Waals surface area contributed by atoms with E-state index in [9.17, 15) is 0 Å². The standard InChI is InChI=1S/C3H6N2.2Na/c1-2-5-3-4-1;;/h3H,1-2H2,(H,4,5);;/q;2*+1. The minimum Gasteiger partial charge on any atom is -0.375 e. The Balaban J connectivity index is 0. The van der Waals surface area contributed by atoms with Crippen LogP contribution in [0.15, 0.2) is 4.99 Å². The fraction of sp³-hybridized carbons (Fsp3) is 0.667. The second-order valence-electron chi connectivity index (χ2n) is 0.989. The number of nitrogens with one attached hydrogen (secondary N) is 1. The van der Waals surface area contributed by atoms with Crippen LogP contribution < -0.4 is 64.4 Å². The zero-order chi connectivity index (χ0) is 3.54. The van der Waals surface area contributed by atoms with Crippen LogP contribution in [-0.2, 0) is 0 Å². The summed E-state index contributed by atoms with van der Waals surface area (Å²) in [4.78, 5) is 3.85. The van der Waals surface area contributed by atoms with Crippen molar-refractivity contribution in [3.05, 3.63) is 0 Å². The Morgan fingerprint density at radius 3 is 2.29 bits per heavy atom. The minimum atomic E-state index is 0. The monoisotopic (exact) mass is 116 g/mol. The minimum absolute atomic E-state index is 0. The van der Waals surface area contributed by atoms with Crippen molar-refractivity contribution in [3.8, 4) is 0 Å². The fourth-order valence-electron chi connectivity index (χ4n) is 0.323. The molecule has 0 atom stereocenters. The van der Waals surface area contributed by atoms with Crippen molar-refractivity contribution in [2.24, 2.45) is 4.99 Å². The quantitative estimate of drug-likeness (QED) is 0.313. The summed E-state index contributed by atoms with van der Waals surface area (Å²) < 4.78 is 0. The number of nitrogens with zero attached hydrogens (tertiary/aromatic N) is 1. The molecule has 28 valence electrons. The van der Waals surface area contributed by atoms with Gasteiger partial charge in [0.15, 0.2) is 0 Å². The maximum atomic E-state index is 3.85. The van der Waals surface area contributed by atoms with Crippen molar-refractivity contribution in [3.63, 3.8) is 0 Å². The number of aliphatic imine (C=N–C) groups is 1. The molecule has 0 saturated carbocycles. The van der Waals surface area contributed by atoms with Crippen LogP contribution in [0.3, 0.4) is 0 Å². The Kier molecular flexibility index (Phi) is 12.0. The second-order valence-corrected chi connectivity index (χ2v) is 0.989. The van der Waals surface area contributed by atoms with Gasteiger partial charge in [-0.15, -0.1) is 0 Å². The predicted octanol–water partition coefficient (Wildman–Crippen LogP) is -6.37. The number of hydrogen-bond donors (Lipinski definition) is 1. The Morgan fingerprint density at radius 1 is 1.43 bits per heavy atom. The maximum absolute atomic E-state index is 3.85. The third-order valence-electron chi connectivity index (χ3n) is 0.568. The molecular weight excluding hydrogens is 110 g/mol. The van der Waals surface area contributed by atoms with Gasteiger partial charge in [0.05, 0.1) is 12.9 Å². The summed E-state index contributed by atoms with van der Waals surface area (Å²) in [6.45, 7) is 1.99. The molecule has 0 amide bonds. The van der Waals surface area contributed by atoms with E-state index in [2.05, 4.69) is 10.3 Å². The first-order valence-electron chi connectivity index (χ1n) is 1.72. The molecule has 4 heteroatoms. The zero-order valence-corrected chi connectivity index (χ0v) is 8.94. The summed E-state index contributed by atoms with van der Waals surface area (Å²) in [7, 11) is 0. The molecule has 1 heterocycles. The van der Waals surface area contributed by atoms with Gasteiger partial charge in [0.1, 0.15) is 0 Å². The van der Waals surface area contributed by atoms with Crippen molar-refractivity contribution in [1.82, 2.24) is 5.32 Å². The van der Waals surface area contributed by atoms with Gasteiger partial charge in [-0.2, -0.15) is 0 Å². The Morgan fingerprint density at radius 2 is 2.14 bits per heavy atom. The van der Waals surface area contributed by atoms with E-state index in [0.717, 1.165) is 13.1 Å². The van der Waals surface area contributed by atoms with Crippen molar-refractivity contribution in [2.45, 2.75) is 0 Å². The second kappa shape index (κ2) is 7.47. The van der Waals surface area contributed by atoms with Gasteiger partial charge >= 0.3 is 59.1 Å². The summed E-state index contributed by atoms with van der Waals surface area (Å²) in [5.74, 6) is 0. The Labute approximate surface area is 87.7 Å². The van der Waals surface area contributed by atoms with Crippen molar-refractivity contribution < 1.29 is 59.1 Å². The molecule has 0 spiro atoms. The van der Waals surface area contributed by atoms with Gasteiger partial charge in [-0.05, 0) is 0 Å². The van der Waals surface area contributed by atoms with Gasteiger partial charge in [0.25, 0.3) is 0 Å². The molecule has 0 radical (unpaired) electrons. The molecule has 1 aliphatic heterocycles. The molecular formula is C3H6N2Na2+2. The summed E-state index contributed by atoms with van der Waals surface area (Å²) in [6.07, 6.45) is 1.74. The summed E-state index contributed by atoms with van der Waals surface area (Å²) in [6, 6.07) is 0. The molecule has 0 aromatic carbocycles. The molecule has 0 bridgehead atoms. The number of rotatable bonds is 0. The molecule has 0 aromatic rings. The smallest absolute Gasteiger partial charge is 0.375 e. The SMILES string of the molecule is C1=NCCN1.[Na+].[Na+]. The third-order valence-corrected chi connectivity index (χ3v) is 0.568. The van der Waals surface area contributed by atoms with E-state index in [1.54, 1.807) is 6.34 Å². The predicted molar refractivity (Wildman–Crippen MR) is 21.4 cm³/mol. The van der Waals surface area contributed by atoms with E-state index in [1.807, 2.05) is 0 Å². The fourth-order valence-corrected chi connectivity index (χ4v) is 0.323. The molecule has 0 unspecified atom stereocenters. The largest absolute Gasteiger partial charge is 1.00 e. The average molecular weight is 116 g/mol. The molecule has 0 saturated heterocycles. The molecule has 0 aromatic heterocycles. The molecule has 1 rings (SSSR count). The van der Waals surface area contributed by atoms with Gasteiger partial charge in [-0.25, -0.2) is 0 Å². The van der Waals surface area contributed by atoms with Crippen LogP contribution in [0.5, 0.6) is 0 Å². The van der Waals surface area contributed by atoms with Crippen LogP contribution in [0.2, 0.25) is 0 Å². The maximum Gasteiger partial charge on any atom is 1.00 e. The van der Waals surface area contributed by atoms with Crippen LogP contribution in [0.1, 0.15) is 0 Å². The first-order chi connectivity index (χ1) is 2.50. The van der Waals surface area contributed by atoms with Gasteiger partial charge in [0, 0.05) is 6.54 Å². The van der Waals surface area contributed by atoms with Crippen molar-refractivity contribution in [2.75, 3.05) is 13.1 Å². The molecule has 1 N–H and O–H groups in total. The topological polar surface area (TPSA) is 24.4 Å². The van der Waals surface area contributed by atoms with E-state index in [-0.39, 0.29) is 59.1 Å². The molecule has 1 aliphatic rings. The van der Waals surface area contributed by atoms with E-state index < -0.39 is 0 Å².